The van der Waals surface area contributed by atoms with Gasteiger partial charge < -0.3 is 14.4 Å². The fourth-order valence-electron chi connectivity index (χ4n) is 5.44. The van der Waals surface area contributed by atoms with Gasteiger partial charge in [-0.15, -0.1) is 0 Å². The smallest absolute Gasteiger partial charge is 0.225 e. The number of carbonyl (C=O) groups excluding carboxylic acids is 2. The number of carbonyl (C=O) groups is 2. The van der Waals surface area contributed by atoms with Crippen molar-refractivity contribution < 1.29 is 19.1 Å². The summed E-state index contributed by atoms with van der Waals surface area (Å²) in [7, 11) is 0. The van der Waals surface area contributed by atoms with Gasteiger partial charge in [-0.2, -0.15) is 0 Å². The van der Waals surface area contributed by atoms with Crippen LogP contribution in [-0.4, -0.2) is 55.6 Å². The van der Waals surface area contributed by atoms with Crippen LogP contribution >= 0.6 is 0 Å². The van der Waals surface area contributed by atoms with Crippen LogP contribution in [0.5, 0.6) is 0 Å². The largest absolute Gasteiger partial charge is 0.381 e. The van der Waals surface area contributed by atoms with Crippen LogP contribution < -0.4 is 0 Å². The molecule has 0 aromatic heterocycles. The van der Waals surface area contributed by atoms with Crippen LogP contribution in [0.1, 0.15) is 54.4 Å². The topological polar surface area (TPSA) is 55.8 Å². The molecule has 1 aromatic rings. The molecule has 0 bridgehead atoms. The molecule has 29 heavy (non-hydrogen) atoms. The van der Waals surface area contributed by atoms with Crippen molar-refractivity contribution >= 4 is 17.3 Å². The lowest BCUT2D eigenvalue weighted by Crippen LogP contribution is -2.45. The summed E-state index contributed by atoms with van der Waals surface area (Å²) in [6.45, 7) is 3.68. The molecular formula is C24H29NO4. The van der Waals surface area contributed by atoms with Crippen LogP contribution in [0, 0.1) is 11.8 Å². The number of amides is 1. The molecule has 1 unspecified atom stereocenters. The lowest BCUT2D eigenvalue weighted by molar-refractivity contribution is -0.140. The van der Waals surface area contributed by atoms with Gasteiger partial charge in [0.25, 0.3) is 0 Å². The first-order valence-electron chi connectivity index (χ1n) is 11.0. The summed E-state index contributed by atoms with van der Waals surface area (Å²) in [6.07, 6.45) is 5.27. The third-order valence-corrected chi connectivity index (χ3v) is 7.19. The molecular weight excluding hydrogens is 366 g/mol. The maximum Gasteiger partial charge on any atom is 0.225 e. The molecule has 0 saturated carbocycles. The van der Waals surface area contributed by atoms with Gasteiger partial charge in [0, 0.05) is 44.2 Å². The number of hydrogen-bond acceptors (Lipinski definition) is 4. The van der Waals surface area contributed by atoms with Crippen LogP contribution in [0.25, 0.3) is 5.57 Å². The molecule has 1 aliphatic carbocycles. The van der Waals surface area contributed by atoms with Crippen molar-refractivity contribution in [3.05, 3.63) is 41.0 Å². The number of Topliss-reactive ketones (excluding diaryl/α,β-unsaturated/α-hetero) is 1. The minimum atomic E-state index is 0.146. The Morgan fingerprint density at radius 2 is 1.72 bits per heavy atom. The van der Waals surface area contributed by atoms with Gasteiger partial charge in [0.05, 0.1) is 12.7 Å². The summed E-state index contributed by atoms with van der Waals surface area (Å²) >= 11 is 0. The highest BCUT2D eigenvalue weighted by Crippen LogP contribution is 2.40. The fourth-order valence-corrected chi connectivity index (χ4v) is 5.44. The number of likely N-dealkylation sites (tertiary alicyclic amines) is 1. The van der Waals surface area contributed by atoms with Crippen molar-refractivity contribution in [1.82, 2.24) is 4.90 Å². The van der Waals surface area contributed by atoms with E-state index in [1.54, 1.807) is 0 Å². The second kappa shape index (κ2) is 8.04. The van der Waals surface area contributed by atoms with Gasteiger partial charge in [-0.25, -0.2) is 0 Å². The zero-order chi connectivity index (χ0) is 19.8. The molecule has 3 aliphatic heterocycles. The monoisotopic (exact) mass is 395 g/mol. The maximum atomic E-state index is 12.8. The fraction of sp³-hybridized carbons (Fsp3) is 0.583. The van der Waals surface area contributed by atoms with E-state index in [2.05, 4.69) is 4.90 Å². The molecule has 0 spiro atoms. The second-order valence-corrected chi connectivity index (χ2v) is 8.83. The van der Waals surface area contributed by atoms with Crippen LogP contribution in [0.2, 0.25) is 0 Å². The van der Waals surface area contributed by atoms with Gasteiger partial charge in [-0.05, 0) is 49.2 Å². The molecule has 3 heterocycles. The van der Waals surface area contributed by atoms with Gasteiger partial charge in [-0.1, -0.05) is 29.8 Å². The van der Waals surface area contributed by atoms with E-state index in [4.69, 9.17) is 9.47 Å². The zero-order valence-electron chi connectivity index (χ0n) is 16.9. The predicted molar refractivity (Wildman–Crippen MR) is 110 cm³/mol. The average molecular weight is 395 g/mol. The van der Waals surface area contributed by atoms with Crippen LogP contribution in [0.4, 0.5) is 0 Å². The van der Waals surface area contributed by atoms with Gasteiger partial charge in [0.15, 0.2) is 5.78 Å². The van der Waals surface area contributed by atoms with E-state index in [0.717, 1.165) is 56.3 Å². The molecule has 1 aromatic carbocycles. The molecule has 4 aliphatic rings. The summed E-state index contributed by atoms with van der Waals surface area (Å²) in [5.74, 6) is 1.16. The van der Waals surface area contributed by atoms with Crippen LogP contribution in [0.3, 0.4) is 0 Å². The van der Waals surface area contributed by atoms with Gasteiger partial charge in [0.1, 0.15) is 0 Å². The van der Waals surface area contributed by atoms with E-state index in [0.29, 0.717) is 38.1 Å². The molecule has 2 fully saturated rings. The van der Waals surface area contributed by atoms with Crippen molar-refractivity contribution in [1.29, 1.82) is 0 Å². The number of hydrogen-bond donors (Lipinski definition) is 0. The lowest BCUT2D eigenvalue weighted by Gasteiger charge is -2.40. The molecule has 5 nitrogen and oxygen atoms in total. The Morgan fingerprint density at radius 3 is 2.48 bits per heavy atom. The van der Waals surface area contributed by atoms with Crippen molar-refractivity contribution in [2.45, 2.75) is 44.6 Å². The first-order chi connectivity index (χ1) is 14.2. The van der Waals surface area contributed by atoms with E-state index in [-0.39, 0.29) is 17.8 Å². The van der Waals surface area contributed by atoms with Crippen LogP contribution in [0.15, 0.2) is 29.8 Å². The number of fused-ring (bicyclic) bond motifs is 2. The number of benzene rings is 1. The van der Waals surface area contributed by atoms with Crippen LogP contribution in [-0.2, 0) is 14.3 Å². The third kappa shape index (κ3) is 3.66. The van der Waals surface area contributed by atoms with Gasteiger partial charge in [0.2, 0.25) is 5.91 Å². The highest BCUT2D eigenvalue weighted by molar-refractivity contribution is 6.06. The molecule has 2 saturated heterocycles. The Bertz CT molecular complexity index is 831. The van der Waals surface area contributed by atoms with E-state index in [9.17, 15) is 9.59 Å². The van der Waals surface area contributed by atoms with Gasteiger partial charge >= 0.3 is 0 Å². The highest BCUT2D eigenvalue weighted by atomic mass is 16.5. The van der Waals surface area contributed by atoms with Crippen molar-refractivity contribution in [2.75, 3.05) is 32.9 Å². The molecule has 0 radical (unpaired) electrons. The summed E-state index contributed by atoms with van der Waals surface area (Å²) in [6, 6.07) is 7.91. The Kier molecular flexibility index (Phi) is 5.27. The first-order valence-corrected chi connectivity index (χ1v) is 11.0. The predicted octanol–water partition coefficient (Wildman–Crippen LogP) is 3.48. The average Bonchev–Trinajstić information content (AvgIpc) is 2.79. The minimum absolute atomic E-state index is 0.146. The standard InChI is InChI=1S/C24H29NO4/c26-22-13-18-14-23(29-15-21(18)19-3-1-2-4-20(19)22)16-5-9-25(10-6-16)24(27)17-7-11-28-12-8-17/h1-4,16-17,23H,5-15H2. The third-order valence-electron chi connectivity index (χ3n) is 7.19. The number of rotatable bonds is 2. The Morgan fingerprint density at radius 1 is 1.00 bits per heavy atom. The van der Waals surface area contributed by atoms with Crippen molar-refractivity contribution in [3.8, 4) is 0 Å². The van der Waals surface area contributed by atoms with E-state index in [1.165, 1.54) is 11.1 Å². The number of nitrogens with zero attached hydrogens (tertiary/aromatic N) is 1. The number of ether oxygens (including phenoxy) is 2. The Labute approximate surface area is 172 Å². The summed E-state index contributed by atoms with van der Waals surface area (Å²) < 4.78 is 11.7. The van der Waals surface area contributed by atoms with Crippen molar-refractivity contribution in [2.24, 2.45) is 11.8 Å². The van der Waals surface area contributed by atoms with E-state index < -0.39 is 0 Å². The first kappa shape index (κ1) is 19.0. The van der Waals surface area contributed by atoms with Crippen molar-refractivity contribution in [3.63, 3.8) is 0 Å². The quantitative estimate of drug-likeness (QED) is 0.769. The summed E-state index contributed by atoms with van der Waals surface area (Å²) in [4.78, 5) is 27.4. The van der Waals surface area contributed by atoms with Gasteiger partial charge in [-0.3, -0.25) is 9.59 Å². The van der Waals surface area contributed by atoms with E-state index in [1.807, 2.05) is 24.3 Å². The second-order valence-electron chi connectivity index (χ2n) is 8.83. The molecule has 154 valence electrons. The lowest BCUT2D eigenvalue weighted by atomic mass is 9.78. The normalized spacial score (nSPS) is 26.3. The Hall–Kier alpha value is -1.98. The van der Waals surface area contributed by atoms with E-state index >= 15 is 0 Å². The Balaban J connectivity index is 1.22. The molecule has 5 rings (SSSR count). The summed E-state index contributed by atoms with van der Waals surface area (Å²) in [5.41, 5.74) is 4.40. The minimum Gasteiger partial charge on any atom is -0.381 e. The molecule has 5 heteroatoms. The number of ketones is 1. The maximum absolute atomic E-state index is 12.8. The summed E-state index contributed by atoms with van der Waals surface area (Å²) in [5, 5.41) is 0. The molecule has 1 atom stereocenters. The zero-order valence-corrected chi connectivity index (χ0v) is 16.9. The number of piperidine rings is 1. The highest BCUT2D eigenvalue weighted by Gasteiger charge is 2.36. The SMILES string of the molecule is O=C1CC2=C(COC(C3CCN(C(=O)C4CCOCC4)CC3)C2)c2ccccc21. The molecule has 1 amide bonds. The molecule has 0 N–H and O–H groups in total.